The minimum absolute atomic E-state index is 0.280. The molecule has 1 aromatic heterocycles. The smallest absolute Gasteiger partial charge is 0.320 e. The van der Waals surface area contributed by atoms with Gasteiger partial charge in [0, 0.05) is 4.47 Å². The second-order valence-electron chi connectivity index (χ2n) is 4.65. The number of hydrogen-bond donors (Lipinski definition) is 3. The number of fused-ring (bicyclic) bond motifs is 1. The fourth-order valence-electron chi connectivity index (χ4n) is 2.20. The highest BCUT2D eigenvalue weighted by atomic mass is 79.9. The van der Waals surface area contributed by atoms with E-state index in [9.17, 15) is 9.18 Å². The molecule has 0 radical (unpaired) electrons. The fourth-order valence-corrected chi connectivity index (χ4v) is 3.03. The highest BCUT2D eigenvalue weighted by molar-refractivity contribution is 9.10. The average molecular weight is 415 g/mol. The molecule has 4 N–H and O–H groups in total. The number of rotatable bonds is 2. The fraction of sp³-hybridized carbons (Fsp3) is 0.0714. The van der Waals surface area contributed by atoms with E-state index in [4.69, 9.17) is 5.73 Å². The summed E-state index contributed by atoms with van der Waals surface area (Å²) in [6.07, 6.45) is 0. The van der Waals surface area contributed by atoms with Gasteiger partial charge in [-0.25, -0.2) is 9.18 Å². The van der Waals surface area contributed by atoms with E-state index in [0.717, 1.165) is 10.0 Å². The van der Waals surface area contributed by atoms with E-state index in [0.29, 0.717) is 21.1 Å². The molecule has 21 heavy (non-hydrogen) atoms. The van der Waals surface area contributed by atoms with Crippen LogP contribution in [0, 0.1) is 5.82 Å². The van der Waals surface area contributed by atoms with Gasteiger partial charge in [0.1, 0.15) is 5.82 Å². The molecule has 0 amide bonds. The summed E-state index contributed by atoms with van der Waals surface area (Å²) in [4.78, 5) is 16.7. The second kappa shape index (κ2) is 5.40. The Balaban J connectivity index is 2.11. The lowest BCUT2D eigenvalue weighted by molar-refractivity contribution is 0.617. The predicted molar refractivity (Wildman–Crippen MR) is 86.7 cm³/mol. The van der Waals surface area contributed by atoms with Crippen molar-refractivity contribution in [2.75, 3.05) is 0 Å². The number of H-pyrrole nitrogens is 2. The maximum absolute atomic E-state index is 13.6. The first-order chi connectivity index (χ1) is 9.95. The molecule has 4 nitrogen and oxygen atoms in total. The van der Waals surface area contributed by atoms with Crippen LogP contribution in [0.5, 0.6) is 0 Å². The average Bonchev–Trinajstić information content (AvgIpc) is 2.79. The second-order valence-corrected chi connectivity index (χ2v) is 6.36. The zero-order chi connectivity index (χ0) is 15.1. The van der Waals surface area contributed by atoms with Crippen LogP contribution in [-0.4, -0.2) is 9.97 Å². The van der Waals surface area contributed by atoms with Crippen molar-refractivity contribution in [1.82, 2.24) is 9.97 Å². The van der Waals surface area contributed by atoms with E-state index in [2.05, 4.69) is 41.8 Å². The van der Waals surface area contributed by atoms with Gasteiger partial charge in [-0.15, -0.1) is 0 Å². The number of aromatic nitrogens is 2. The zero-order valence-corrected chi connectivity index (χ0v) is 13.8. The van der Waals surface area contributed by atoms with Crippen LogP contribution in [0.15, 0.2) is 44.1 Å². The maximum Gasteiger partial charge on any atom is 0.323 e. The van der Waals surface area contributed by atoms with Gasteiger partial charge < -0.3 is 15.7 Å². The first-order valence-corrected chi connectivity index (χ1v) is 7.66. The van der Waals surface area contributed by atoms with Gasteiger partial charge in [-0.2, -0.15) is 0 Å². The molecule has 0 aliphatic rings. The van der Waals surface area contributed by atoms with E-state index < -0.39 is 6.04 Å². The lowest BCUT2D eigenvalue weighted by Gasteiger charge is -2.15. The Morgan fingerprint density at radius 3 is 2.38 bits per heavy atom. The van der Waals surface area contributed by atoms with Crippen molar-refractivity contribution in [3.63, 3.8) is 0 Å². The molecule has 3 rings (SSSR count). The first-order valence-electron chi connectivity index (χ1n) is 6.07. The van der Waals surface area contributed by atoms with Crippen LogP contribution in [0.2, 0.25) is 0 Å². The van der Waals surface area contributed by atoms with Crippen molar-refractivity contribution in [3.05, 3.63) is 66.7 Å². The minimum atomic E-state index is -0.509. The number of hydrogen-bond acceptors (Lipinski definition) is 2. The van der Waals surface area contributed by atoms with E-state index in [-0.39, 0.29) is 11.5 Å². The first kappa shape index (κ1) is 14.5. The summed E-state index contributed by atoms with van der Waals surface area (Å²) in [5.74, 6) is -0.366. The standard InChI is InChI=1S/C14H10Br2FN3O/c15-8-2-1-6(3-10(8)17)13(18)7-4-11-12(5-9(7)16)20-14(21)19-11/h1-5,13H,18H2,(H2,19,20,21). The van der Waals surface area contributed by atoms with Crippen LogP contribution in [0.4, 0.5) is 4.39 Å². The molecule has 1 heterocycles. The molecule has 108 valence electrons. The van der Waals surface area contributed by atoms with E-state index >= 15 is 0 Å². The van der Waals surface area contributed by atoms with Crippen molar-refractivity contribution in [2.24, 2.45) is 5.73 Å². The van der Waals surface area contributed by atoms with Crippen LogP contribution in [0.25, 0.3) is 11.0 Å². The third-order valence-electron chi connectivity index (χ3n) is 3.27. The molecule has 0 saturated heterocycles. The largest absolute Gasteiger partial charge is 0.323 e. The summed E-state index contributed by atoms with van der Waals surface area (Å²) in [6, 6.07) is 7.82. The van der Waals surface area contributed by atoms with Gasteiger partial charge in [0.05, 0.1) is 21.5 Å². The number of aromatic amines is 2. The summed E-state index contributed by atoms with van der Waals surface area (Å²) >= 11 is 6.55. The zero-order valence-electron chi connectivity index (χ0n) is 10.6. The van der Waals surface area contributed by atoms with Crippen molar-refractivity contribution < 1.29 is 4.39 Å². The Hall–Kier alpha value is -1.44. The SMILES string of the molecule is NC(c1ccc(Br)c(F)c1)c1cc2[nH]c(=O)[nH]c2cc1Br. The number of halogens is 3. The van der Waals surface area contributed by atoms with Gasteiger partial charge in [0.25, 0.3) is 0 Å². The molecule has 2 aromatic carbocycles. The number of nitrogens with two attached hydrogens (primary N) is 1. The molecule has 1 unspecified atom stereocenters. The Labute approximate surface area is 135 Å². The van der Waals surface area contributed by atoms with Crippen LogP contribution >= 0.6 is 31.9 Å². The van der Waals surface area contributed by atoms with Crippen molar-refractivity contribution in [1.29, 1.82) is 0 Å². The molecular formula is C14H10Br2FN3O. The molecule has 0 saturated carbocycles. The summed E-state index contributed by atoms with van der Waals surface area (Å²) in [5, 5.41) is 0. The number of imidazole rings is 1. The lowest BCUT2D eigenvalue weighted by Crippen LogP contribution is -2.13. The molecule has 0 fully saturated rings. The molecule has 0 aliphatic carbocycles. The van der Waals surface area contributed by atoms with E-state index in [1.54, 1.807) is 24.3 Å². The molecule has 3 aromatic rings. The quantitative estimate of drug-likeness (QED) is 0.599. The number of nitrogens with one attached hydrogen (secondary N) is 2. The Morgan fingerprint density at radius 2 is 1.71 bits per heavy atom. The monoisotopic (exact) mass is 413 g/mol. The van der Waals surface area contributed by atoms with Gasteiger partial charge in [-0.05, 0) is 51.3 Å². The maximum atomic E-state index is 13.6. The summed E-state index contributed by atoms with van der Waals surface area (Å²) < 4.78 is 14.8. The summed E-state index contributed by atoms with van der Waals surface area (Å²) in [6.45, 7) is 0. The molecular weight excluding hydrogens is 405 g/mol. The van der Waals surface area contributed by atoms with E-state index in [1.807, 2.05) is 0 Å². The summed E-state index contributed by atoms with van der Waals surface area (Å²) in [5.41, 5.74) is 8.69. The Kier molecular flexibility index (Phi) is 3.73. The summed E-state index contributed by atoms with van der Waals surface area (Å²) in [7, 11) is 0. The van der Waals surface area contributed by atoms with Gasteiger partial charge in [-0.3, -0.25) is 0 Å². The van der Waals surface area contributed by atoms with Crippen molar-refractivity contribution in [2.45, 2.75) is 6.04 Å². The molecule has 7 heteroatoms. The normalized spacial score (nSPS) is 12.8. The molecule has 0 aliphatic heterocycles. The van der Waals surface area contributed by atoms with Crippen molar-refractivity contribution >= 4 is 42.9 Å². The minimum Gasteiger partial charge on any atom is -0.320 e. The van der Waals surface area contributed by atoms with Gasteiger partial charge in [0.15, 0.2) is 0 Å². The highest BCUT2D eigenvalue weighted by Crippen LogP contribution is 2.30. The van der Waals surface area contributed by atoms with Crippen molar-refractivity contribution in [3.8, 4) is 0 Å². The van der Waals surface area contributed by atoms with Gasteiger partial charge in [-0.1, -0.05) is 22.0 Å². The lowest BCUT2D eigenvalue weighted by atomic mass is 9.99. The molecule has 0 spiro atoms. The molecule has 0 bridgehead atoms. The van der Waals surface area contributed by atoms with Gasteiger partial charge >= 0.3 is 5.69 Å². The Bertz CT molecular complexity index is 888. The third-order valence-corrected chi connectivity index (χ3v) is 4.60. The predicted octanol–water partition coefficient (Wildman–Crippen LogP) is 3.57. The van der Waals surface area contributed by atoms with Crippen LogP contribution in [0.1, 0.15) is 17.2 Å². The molecule has 1 atom stereocenters. The van der Waals surface area contributed by atoms with Crippen LogP contribution < -0.4 is 11.4 Å². The third kappa shape index (κ3) is 2.68. The van der Waals surface area contributed by atoms with Crippen LogP contribution in [-0.2, 0) is 0 Å². The topological polar surface area (TPSA) is 74.7 Å². The number of benzene rings is 2. The van der Waals surface area contributed by atoms with Crippen LogP contribution in [0.3, 0.4) is 0 Å². The van der Waals surface area contributed by atoms with E-state index in [1.165, 1.54) is 6.07 Å². The Morgan fingerprint density at radius 1 is 1.05 bits per heavy atom. The van der Waals surface area contributed by atoms with Gasteiger partial charge in [0.2, 0.25) is 0 Å². The highest BCUT2D eigenvalue weighted by Gasteiger charge is 2.15.